The summed E-state index contributed by atoms with van der Waals surface area (Å²) in [5, 5.41) is 0. The molecule has 0 atom stereocenters. The molecule has 3 heteroatoms. The second kappa shape index (κ2) is 7.75. The lowest BCUT2D eigenvalue weighted by Crippen LogP contribution is -1.90. The Morgan fingerprint density at radius 2 is 1.30 bits per heavy atom. The molecule has 27 heavy (non-hydrogen) atoms. The van der Waals surface area contributed by atoms with Gasteiger partial charge in [0.15, 0.2) is 0 Å². The third-order valence-electron chi connectivity index (χ3n) is 4.36. The predicted molar refractivity (Wildman–Crippen MR) is 108 cm³/mol. The average molecular weight is 353 g/mol. The van der Waals surface area contributed by atoms with Crippen LogP contribution in [0.3, 0.4) is 0 Å². The Morgan fingerprint density at radius 1 is 0.630 bits per heavy atom. The summed E-state index contributed by atoms with van der Waals surface area (Å²) in [6.07, 6.45) is 3.60. The molecule has 0 N–H and O–H groups in total. The van der Waals surface area contributed by atoms with Gasteiger partial charge in [-0.05, 0) is 65.2 Å². The fourth-order valence-electron chi connectivity index (χ4n) is 2.98. The third kappa shape index (κ3) is 3.82. The first kappa shape index (κ1) is 16.9. The second-order valence-corrected chi connectivity index (χ2v) is 6.09. The van der Waals surface area contributed by atoms with Gasteiger partial charge in [0, 0.05) is 18.0 Å². The van der Waals surface area contributed by atoms with Crippen molar-refractivity contribution in [1.29, 1.82) is 0 Å². The number of nitrogens with zero attached hydrogens (tertiary/aromatic N) is 1. The van der Waals surface area contributed by atoms with Gasteiger partial charge in [0.25, 0.3) is 0 Å². The van der Waals surface area contributed by atoms with E-state index in [1.807, 2.05) is 72.8 Å². The SMILES string of the molecule is COc1ccc(-c2ccncc2)cc1-c1ccc(Oc2ccccc2)cc1. The van der Waals surface area contributed by atoms with Gasteiger partial charge in [-0.3, -0.25) is 4.98 Å². The minimum Gasteiger partial charge on any atom is -0.496 e. The normalized spacial score (nSPS) is 10.4. The van der Waals surface area contributed by atoms with Crippen LogP contribution < -0.4 is 9.47 Å². The van der Waals surface area contributed by atoms with Crippen molar-refractivity contribution in [2.45, 2.75) is 0 Å². The van der Waals surface area contributed by atoms with Crippen molar-refractivity contribution in [1.82, 2.24) is 4.98 Å². The highest BCUT2D eigenvalue weighted by Crippen LogP contribution is 2.35. The molecule has 4 aromatic rings. The van der Waals surface area contributed by atoms with Crippen LogP contribution in [0.5, 0.6) is 17.2 Å². The number of pyridine rings is 1. The van der Waals surface area contributed by atoms with Gasteiger partial charge in [-0.25, -0.2) is 0 Å². The lowest BCUT2D eigenvalue weighted by Gasteiger charge is -2.12. The molecule has 0 saturated carbocycles. The first-order valence-electron chi connectivity index (χ1n) is 8.75. The van der Waals surface area contributed by atoms with Crippen molar-refractivity contribution in [3.63, 3.8) is 0 Å². The van der Waals surface area contributed by atoms with Crippen LogP contribution in [0.2, 0.25) is 0 Å². The lowest BCUT2D eigenvalue weighted by molar-refractivity contribution is 0.416. The van der Waals surface area contributed by atoms with Gasteiger partial charge in [-0.15, -0.1) is 0 Å². The molecule has 0 spiro atoms. The van der Waals surface area contributed by atoms with Gasteiger partial charge >= 0.3 is 0 Å². The van der Waals surface area contributed by atoms with Crippen molar-refractivity contribution in [3.05, 3.63) is 97.3 Å². The number of methoxy groups -OCH3 is 1. The lowest BCUT2D eigenvalue weighted by atomic mass is 9.98. The van der Waals surface area contributed by atoms with Gasteiger partial charge in [-0.2, -0.15) is 0 Å². The van der Waals surface area contributed by atoms with E-state index in [2.05, 4.69) is 17.1 Å². The van der Waals surface area contributed by atoms with Crippen LogP contribution >= 0.6 is 0 Å². The molecule has 3 nitrogen and oxygen atoms in total. The molecule has 0 amide bonds. The molecule has 0 radical (unpaired) electrons. The van der Waals surface area contributed by atoms with Crippen molar-refractivity contribution >= 4 is 0 Å². The van der Waals surface area contributed by atoms with E-state index in [1.54, 1.807) is 19.5 Å². The van der Waals surface area contributed by atoms with Gasteiger partial charge in [0.1, 0.15) is 17.2 Å². The summed E-state index contributed by atoms with van der Waals surface area (Å²) in [5.41, 5.74) is 4.36. The van der Waals surface area contributed by atoms with Crippen molar-refractivity contribution in [2.75, 3.05) is 7.11 Å². The number of ether oxygens (including phenoxy) is 2. The van der Waals surface area contributed by atoms with E-state index in [0.717, 1.165) is 39.5 Å². The molecule has 0 aliphatic rings. The van der Waals surface area contributed by atoms with Crippen LogP contribution in [0.25, 0.3) is 22.3 Å². The van der Waals surface area contributed by atoms with Crippen molar-refractivity contribution in [3.8, 4) is 39.5 Å². The summed E-state index contributed by atoms with van der Waals surface area (Å²) >= 11 is 0. The maximum absolute atomic E-state index is 5.88. The Labute approximate surface area is 158 Å². The van der Waals surface area contributed by atoms with Crippen LogP contribution in [0.1, 0.15) is 0 Å². The highest BCUT2D eigenvalue weighted by molar-refractivity contribution is 5.77. The van der Waals surface area contributed by atoms with Crippen LogP contribution in [0.15, 0.2) is 97.3 Å². The number of rotatable bonds is 5. The zero-order valence-electron chi connectivity index (χ0n) is 15.0. The number of benzene rings is 3. The first-order valence-corrected chi connectivity index (χ1v) is 8.75. The Kier molecular flexibility index (Phi) is 4.84. The third-order valence-corrected chi connectivity index (χ3v) is 4.36. The highest BCUT2D eigenvalue weighted by atomic mass is 16.5. The molecule has 1 heterocycles. The molecule has 3 aromatic carbocycles. The van der Waals surface area contributed by atoms with Gasteiger partial charge in [0.2, 0.25) is 0 Å². The Bertz CT molecular complexity index is 1010. The molecular formula is C24H19NO2. The summed E-state index contributed by atoms with van der Waals surface area (Å²) in [5.74, 6) is 2.46. The van der Waals surface area contributed by atoms with Crippen molar-refractivity contribution < 1.29 is 9.47 Å². The van der Waals surface area contributed by atoms with Crippen molar-refractivity contribution in [2.24, 2.45) is 0 Å². The molecule has 0 fully saturated rings. The highest BCUT2D eigenvalue weighted by Gasteiger charge is 2.09. The molecular weight excluding hydrogens is 334 g/mol. The van der Waals surface area contributed by atoms with Crippen LogP contribution in [0, 0.1) is 0 Å². The largest absolute Gasteiger partial charge is 0.496 e. The first-order chi connectivity index (χ1) is 13.3. The molecule has 0 aliphatic carbocycles. The summed E-state index contributed by atoms with van der Waals surface area (Å²) in [6.45, 7) is 0. The monoisotopic (exact) mass is 353 g/mol. The van der Waals surface area contributed by atoms with Crippen LogP contribution in [0.4, 0.5) is 0 Å². The summed E-state index contributed by atoms with van der Waals surface area (Å²) in [7, 11) is 1.69. The smallest absolute Gasteiger partial charge is 0.127 e. The minimum absolute atomic E-state index is 0.800. The molecule has 0 unspecified atom stereocenters. The molecule has 0 saturated heterocycles. The fourth-order valence-corrected chi connectivity index (χ4v) is 2.98. The summed E-state index contributed by atoms with van der Waals surface area (Å²) in [4.78, 5) is 4.09. The Morgan fingerprint density at radius 3 is 2.00 bits per heavy atom. The minimum atomic E-state index is 0.800. The average Bonchev–Trinajstić information content (AvgIpc) is 2.75. The molecule has 4 rings (SSSR count). The van der Waals surface area contributed by atoms with E-state index in [9.17, 15) is 0 Å². The van der Waals surface area contributed by atoms with E-state index >= 15 is 0 Å². The number of para-hydroxylation sites is 1. The maximum Gasteiger partial charge on any atom is 0.127 e. The zero-order chi connectivity index (χ0) is 18.5. The fraction of sp³-hybridized carbons (Fsp3) is 0.0417. The zero-order valence-corrected chi connectivity index (χ0v) is 15.0. The summed E-state index contributed by atoms with van der Waals surface area (Å²) < 4.78 is 11.5. The van der Waals surface area contributed by atoms with E-state index < -0.39 is 0 Å². The summed E-state index contributed by atoms with van der Waals surface area (Å²) in [6, 6.07) is 28.0. The van der Waals surface area contributed by atoms with E-state index in [-0.39, 0.29) is 0 Å². The van der Waals surface area contributed by atoms with E-state index in [0.29, 0.717) is 0 Å². The Balaban J connectivity index is 1.66. The quantitative estimate of drug-likeness (QED) is 0.427. The van der Waals surface area contributed by atoms with E-state index in [4.69, 9.17) is 9.47 Å². The maximum atomic E-state index is 5.88. The predicted octanol–water partition coefficient (Wildman–Crippen LogP) is 6.22. The second-order valence-electron chi connectivity index (χ2n) is 6.09. The van der Waals surface area contributed by atoms with E-state index in [1.165, 1.54) is 0 Å². The van der Waals surface area contributed by atoms with Gasteiger partial charge in [0.05, 0.1) is 7.11 Å². The topological polar surface area (TPSA) is 31.4 Å². The molecule has 0 aliphatic heterocycles. The Hall–Kier alpha value is -3.59. The molecule has 0 bridgehead atoms. The van der Waals surface area contributed by atoms with Gasteiger partial charge < -0.3 is 9.47 Å². The standard InChI is InChI=1S/C24H19NO2/c1-26-24-12-9-20(18-13-15-25-16-14-18)17-23(24)19-7-10-22(11-8-19)27-21-5-3-2-4-6-21/h2-17H,1H3. The van der Waals surface area contributed by atoms with Gasteiger partial charge in [-0.1, -0.05) is 36.4 Å². The van der Waals surface area contributed by atoms with Crippen LogP contribution in [-0.2, 0) is 0 Å². The molecule has 1 aromatic heterocycles. The number of hydrogen-bond acceptors (Lipinski definition) is 3. The molecule has 132 valence electrons. The van der Waals surface area contributed by atoms with Crippen LogP contribution in [-0.4, -0.2) is 12.1 Å². The number of aromatic nitrogens is 1. The number of hydrogen-bond donors (Lipinski definition) is 0.